The number of aliphatic hydroxyl groups is 1. The number of aryl methyl sites for hydroxylation is 1. The van der Waals surface area contributed by atoms with Gasteiger partial charge in [0.1, 0.15) is 5.75 Å². The van der Waals surface area contributed by atoms with Crippen LogP contribution in [0.15, 0.2) is 71.7 Å². The van der Waals surface area contributed by atoms with Crippen molar-refractivity contribution in [1.29, 1.82) is 0 Å². The Balaban J connectivity index is 1.08. The number of amides is 1. The van der Waals surface area contributed by atoms with Crippen molar-refractivity contribution in [3.8, 4) is 5.75 Å². The molecule has 0 saturated heterocycles. The third-order valence-corrected chi connectivity index (χ3v) is 8.52. The molecule has 0 radical (unpaired) electrons. The quantitative estimate of drug-likeness (QED) is 0.133. The molecule has 0 bridgehead atoms. The number of H-pyrrole nitrogens is 1. The second kappa shape index (κ2) is 13.8. The van der Waals surface area contributed by atoms with Crippen LogP contribution < -0.4 is 16.2 Å². The molecule has 5 rings (SSSR count). The maximum atomic E-state index is 12.7. The Hall–Kier alpha value is -4.54. The van der Waals surface area contributed by atoms with E-state index in [4.69, 9.17) is 0 Å². The Morgan fingerprint density at radius 1 is 1.02 bits per heavy atom. The van der Waals surface area contributed by atoms with Crippen molar-refractivity contribution in [1.82, 2.24) is 20.6 Å². The van der Waals surface area contributed by atoms with E-state index in [0.29, 0.717) is 48.1 Å². The first-order valence-corrected chi connectivity index (χ1v) is 15.1. The van der Waals surface area contributed by atoms with Gasteiger partial charge >= 0.3 is 5.97 Å². The lowest BCUT2D eigenvalue weighted by Crippen LogP contribution is -2.37. The summed E-state index contributed by atoms with van der Waals surface area (Å²) in [5.41, 5.74) is 2.82. The van der Waals surface area contributed by atoms with E-state index in [-0.39, 0.29) is 29.3 Å². The molecule has 10 nitrogen and oxygen atoms in total. The zero-order valence-electron chi connectivity index (χ0n) is 24.5. The number of phenols is 1. The predicted molar refractivity (Wildman–Crippen MR) is 167 cm³/mol. The monoisotopic (exact) mass is 598 g/mol. The SMILES string of the molecule is O=C(NCCCc1cccc(C2(C(=O)O)CCCCC2)c1)c1ccc(CNCC(O)c2ccc(O)c3[nH]c(=O)ccc23)nc1. The summed E-state index contributed by atoms with van der Waals surface area (Å²) in [7, 11) is 0. The van der Waals surface area contributed by atoms with Crippen LogP contribution in [0.2, 0.25) is 0 Å². The van der Waals surface area contributed by atoms with Gasteiger partial charge in [0.2, 0.25) is 5.56 Å². The van der Waals surface area contributed by atoms with E-state index in [1.165, 1.54) is 18.3 Å². The number of aliphatic hydroxyl groups excluding tert-OH is 1. The van der Waals surface area contributed by atoms with Crippen molar-refractivity contribution in [3.05, 3.63) is 105 Å². The number of pyridine rings is 2. The number of hydrogen-bond acceptors (Lipinski definition) is 7. The maximum absolute atomic E-state index is 12.7. The van der Waals surface area contributed by atoms with Gasteiger partial charge in [-0.25, -0.2) is 0 Å². The number of fused-ring (bicyclic) bond motifs is 1. The number of aromatic hydroxyl groups is 1. The van der Waals surface area contributed by atoms with E-state index in [1.54, 1.807) is 24.3 Å². The molecule has 2 aromatic carbocycles. The fraction of sp³-hybridized carbons (Fsp3) is 0.353. The van der Waals surface area contributed by atoms with Crippen molar-refractivity contribution < 1.29 is 24.9 Å². The number of aliphatic carboxylic acids is 1. The van der Waals surface area contributed by atoms with Crippen LogP contribution in [0.1, 0.15) is 77.4 Å². The van der Waals surface area contributed by atoms with Gasteiger partial charge in [-0.2, -0.15) is 0 Å². The van der Waals surface area contributed by atoms with Crippen LogP contribution in [0.4, 0.5) is 0 Å². The number of carbonyl (C=O) groups is 2. The van der Waals surface area contributed by atoms with E-state index in [9.17, 15) is 29.7 Å². The molecule has 44 heavy (non-hydrogen) atoms. The summed E-state index contributed by atoms with van der Waals surface area (Å²) in [6, 6.07) is 17.3. The van der Waals surface area contributed by atoms with Gasteiger partial charge in [-0.1, -0.05) is 49.6 Å². The molecule has 1 atom stereocenters. The minimum absolute atomic E-state index is 0.0648. The predicted octanol–water partition coefficient (Wildman–Crippen LogP) is 4.10. The van der Waals surface area contributed by atoms with Gasteiger partial charge in [0.25, 0.3) is 5.91 Å². The highest BCUT2D eigenvalue weighted by Crippen LogP contribution is 2.40. The Bertz CT molecular complexity index is 1680. The smallest absolute Gasteiger partial charge is 0.314 e. The van der Waals surface area contributed by atoms with Gasteiger partial charge in [-0.05, 0) is 66.6 Å². The first-order chi connectivity index (χ1) is 21.3. The Morgan fingerprint density at radius 2 is 1.84 bits per heavy atom. The van der Waals surface area contributed by atoms with Gasteiger partial charge < -0.3 is 30.9 Å². The summed E-state index contributed by atoms with van der Waals surface area (Å²) in [5, 5.41) is 37.4. The largest absolute Gasteiger partial charge is 0.506 e. The number of carboxylic acid groups (broad SMARTS) is 1. The minimum Gasteiger partial charge on any atom is -0.506 e. The first kappa shape index (κ1) is 30.9. The molecule has 1 unspecified atom stereocenters. The lowest BCUT2D eigenvalue weighted by molar-refractivity contribution is -0.145. The minimum atomic E-state index is -0.887. The van der Waals surface area contributed by atoms with E-state index < -0.39 is 17.5 Å². The Morgan fingerprint density at radius 3 is 2.59 bits per heavy atom. The molecule has 6 N–H and O–H groups in total. The molecule has 1 amide bonds. The zero-order chi connectivity index (χ0) is 31.1. The number of benzene rings is 2. The molecule has 10 heteroatoms. The summed E-state index contributed by atoms with van der Waals surface area (Å²) < 4.78 is 0. The fourth-order valence-corrected chi connectivity index (χ4v) is 6.06. The number of aromatic nitrogens is 2. The number of rotatable bonds is 12. The number of hydrogen-bond donors (Lipinski definition) is 6. The van der Waals surface area contributed by atoms with Gasteiger partial charge in [-0.15, -0.1) is 0 Å². The lowest BCUT2D eigenvalue weighted by Gasteiger charge is -2.34. The summed E-state index contributed by atoms with van der Waals surface area (Å²) in [4.78, 5) is 43.4. The average Bonchev–Trinajstić information content (AvgIpc) is 3.04. The lowest BCUT2D eigenvalue weighted by atomic mass is 9.69. The van der Waals surface area contributed by atoms with Crippen LogP contribution in [-0.2, 0) is 23.2 Å². The molecule has 2 heterocycles. The summed E-state index contributed by atoms with van der Waals surface area (Å²) in [6.45, 7) is 1.06. The van der Waals surface area contributed by atoms with Crippen LogP contribution in [0.25, 0.3) is 10.9 Å². The highest BCUT2D eigenvalue weighted by Gasteiger charge is 2.41. The van der Waals surface area contributed by atoms with Gasteiger partial charge in [-0.3, -0.25) is 19.4 Å². The van der Waals surface area contributed by atoms with Crippen molar-refractivity contribution in [2.75, 3.05) is 13.1 Å². The molecule has 2 aromatic heterocycles. The second-order valence-electron chi connectivity index (χ2n) is 11.5. The standard InChI is InChI=1S/C34H38N4O6/c39-28-13-11-26(27-12-14-30(41)38-31(27)28)29(40)21-35-20-25-10-9-23(19-37-25)32(42)36-17-5-7-22-6-4-8-24(18-22)34(33(43)44)15-2-1-3-16-34/h4,6,8-14,18-19,29,35,39-40H,1-3,5,7,15-17,20-21H2,(H,36,42)(H,38,41)(H,43,44). The van der Waals surface area contributed by atoms with Crippen molar-refractivity contribution in [2.24, 2.45) is 0 Å². The van der Waals surface area contributed by atoms with Crippen molar-refractivity contribution in [3.63, 3.8) is 0 Å². The van der Waals surface area contributed by atoms with E-state index in [2.05, 4.69) is 20.6 Å². The molecule has 0 aliphatic heterocycles. The Kier molecular flexibility index (Phi) is 9.72. The fourth-order valence-electron chi connectivity index (χ4n) is 6.06. The normalized spacial score (nSPS) is 15.1. The van der Waals surface area contributed by atoms with E-state index in [0.717, 1.165) is 43.2 Å². The van der Waals surface area contributed by atoms with Crippen LogP contribution in [0, 0.1) is 0 Å². The number of aromatic amines is 1. The number of phenolic OH excluding ortho intramolecular Hbond substituents is 1. The highest BCUT2D eigenvalue weighted by atomic mass is 16.4. The number of nitrogens with one attached hydrogen (secondary N) is 3. The molecule has 1 aliphatic carbocycles. The third-order valence-electron chi connectivity index (χ3n) is 8.52. The van der Waals surface area contributed by atoms with Gasteiger partial charge in [0.05, 0.1) is 28.3 Å². The van der Waals surface area contributed by atoms with Crippen LogP contribution in [0.3, 0.4) is 0 Å². The van der Waals surface area contributed by atoms with Gasteiger partial charge in [0.15, 0.2) is 0 Å². The highest BCUT2D eigenvalue weighted by molar-refractivity contribution is 5.93. The first-order valence-electron chi connectivity index (χ1n) is 15.1. The van der Waals surface area contributed by atoms with E-state index in [1.807, 2.05) is 24.3 Å². The molecule has 4 aromatic rings. The summed E-state index contributed by atoms with van der Waals surface area (Å²) in [6.07, 6.45) is 6.38. The van der Waals surface area contributed by atoms with Crippen LogP contribution in [-0.4, -0.2) is 50.3 Å². The molecule has 230 valence electrons. The Labute approximate surface area is 255 Å². The molecule has 0 spiro atoms. The van der Waals surface area contributed by atoms with Crippen molar-refractivity contribution in [2.45, 2.75) is 63.0 Å². The second-order valence-corrected chi connectivity index (χ2v) is 11.5. The molecule has 1 aliphatic rings. The number of carbonyl (C=O) groups excluding carboxylic acids is 1. The topological polar surface area (TPSA) is 165 Å². The molecule has 1 fully saturated rings. The van der Waals surface area contributed by atoms with Crippen molar-refractivity contribution >= 4 is 22.8 Å². The zero-order valence-corrected chi connectivity index (χ0v) is 24.5. The average molecular weight is 599 g/mol. The maximum Gasteiger partial charge on any atom is 0.314 e. The molecular weight excluding hydrogens is 560 g/mol. The number of carboxylic acids is 1. The van der Waals surface area contributed by atoms with Crippen LogP contribution in [0.5, 0.6) is 5.75 Å². The summed E-state index contributed by atoms with van der Waals surface area (Å²) in [5.74, 6) is -1.02. The number of nitrogens with zero attached hydrogens (tertiary/aromatic N) is 1. The van der Waals surface area contributed by atoms with Crippen LogP contribution >= 0.6 is 0 Å². The van der Waals surface area contributed by atoms with E-state index >= 15 is 0 Å². The summed E-state index contributed by atoms with van der Waals surface area (Å²) >= 11 is 0. The third kappa shape index (κ3) is 6.98. The molecular formula is C34H38N4O6. The van der Waals surface area contributed by atoms with Gasteiger partial charge in [0, 0.05) is 37.3 Å². The molecule has 1 saturated carbocycles.